The van der Waals surface area contributed by atoms with Gasteiger partial charge >= 0.3 is 5.69 Å². The number of fused-ring (bicyclic) bond motifs is 3. The van der Waals surface area contributed by atoms with Crippen molar-refractivity contribution in [2.24, 2.45) is 0 Å². The highest BCUT2D eigenvalue weighted by Gasteiger charge is 2.23. The number of imidazole rings is 1. The van der Waals surface area contributed by atoms with Crippen molar-refractivity contribution in [1.82, 2.24) is 24.3 Å². The monoisotopic (exact) mass is 375 g/mol. The third kappa shape index (κ3) is 2.90. The Kier molecular flexibility index (Phi) is 4.02. The van der Waals surface area contributed by atoms with Gasteiger partial charge in [-0.3, -0.25) is 14.3 Å². The Morgan fingerprint density at radius 1 is 1.14 bits per heavy atom. The summed E-state index contributed by atoms with van der Waals surface area (Å²) in [5, 5.41) is 0. The predicted octanol–water partition coefficient (Wildman–Crippen LogP) is 2.78. The van der Waals surface area contributed by atoms with Gasteiger partial charge in [0.05, 0.1) is 5.69 Å². The van der Waals surface area contributed by atoms with Crippen LogP contribution in [0.25, 0.3) is 16.9 Å². The largest absolute Gasteiger partial charge is 0.331 e. The van der Waals surface area contributed by atoms with Gasteiger partial charge in [-0.1, -0.05) is 12.1 Å². The molecule has 4 heterocycles. The number of aromatic nitrogens is 4. The minimum atomic E-state index is -0.351. The molecule has 28 heavy (non-hydrogen) atoms. The van der Waals surface area contributed by atoms with E-state index in [2.05, 4.69) is 19.9 Å². The lowest BCUT2D eigenvalue weighted by Crippen LogP contribution is -2.33. The summed E-state index contributed by atoms with van der Waals surface area (Å²) >= 11 is 0. The predicted molar refractivity (Wildman–Crippen MR) is 103 cm³/mol. The number of hydrogen-bond donors (Lipinski definition) is 1. The van der Waals surface area contributed by atoms with Crippen LogP contribution < -0.4 is 5.69 Å². The number of H-pyrrole nitrogens is 1. The van der Waals surface area contributed by atoms with Gasteiger partial charge in [-0.15, -0.1) is 0 Å². The molecule has 3 aromatic heterocycles. The van der Waals surface area contributed by atoms with Crippen LogP contribution in [0.1, 0.15) is 16.8 Å². The van der Waals surface area contributed by atoms with Crippen LogP contribution in [0.3, 0.4) is 0 Å². The fourth-order valence-corrected chi connectivity index (χ4v) is 3.78. The summed E-state index contributed by atoms with van der Waals surface area (Å²) in [7, 11) is 0. The highest BCUT2D eigenvalue weighted by atomic mass is 19.1. The second-order valence-corrected chi connectivity index (χ2v) is 7.00. The first-order valence-corrected chi connectivity index (χ1v) is 9.18. The molecule has 0 amide bonds. The van der Waals surface area contributed by atoms with Gasteiger partial charge in [0.15, 0.2) is 0 Å². The van der Waals surface area contributed by atoms with E-state index in [-0.39, 0.29) is 11.5 Å². The van der Waals surface area contributed by atoms with E-state index >= 15 is 0 Å². The van der Waals surface area contributed by atoms with E-state index in [0.29, 0.717) is 23.4 Å². The summed E-state index contributed by atoms with van der Waals surface area (Å²) < 4.78 is 15.7. The average Bonchev–Trinajstić information content (AvgIpc) is 3.16. The van der Waals surface area contributed by atoms with Crippen LogP contribution in [0.2, 0.25) is 0 Å². The van der Waals surface area contributed by atoms with Crippen molar-refractivity contribution in [2.75, 3.05) is 6.54 Å². The average molecular weight is 375 g/mol. The number of pyridine rings is 1. The van der Waals surface area contributed by atoms with Crippen LogP contribution in [0.5, 0.6) is 0 Å². The van der Waals surface area contributed by atoms with Gasteiger partial charge in [-0.05, 0) is 29.8 Å². The summed E-state index contributed by atoms with van der Waals surface area (Å²) in [6.07, 6.45) is 5.93. The minimum absolute atomic E-state index is 0.244. The van der Waals surface area contributed by atoms with E-state index in [1.165, 1.54) is 16.0 Å². The molecule has 0 radical (unpaired) electrons. The molecule has 0 saturated carbocycles. The zero-order valence-electron chi connectivity index (χ0n) is 15.1. The zero-order chi connectivity index (χ0) is 19.1. The first-order chi connectivity index (χ1) is 13.7. The Hall–Kier alpha value is -3.32. The zero-order valence-corrected chi connectivity index (χ0v) is 15.1. The van der Waals surface area contributed by atoms with Crippen LogP contribution in [0, 0.1) is 5.82 Å². The topological polar surface area (TPSA) is 66.3 Å². The molecule has 6 nitrogen and oxygen atoms in total. The van der Waals surface area contributed by atoms with Crippen molar-refractivity contribution in [3.05, 3.63) is 88.1 Å². The summed E-state index contributed by atoms with van der Waals surface area (Å²) in [5.74, 6) is -0.351. The third-order valence-electron chi connectivity index (χ3n) is 5.18. The standard InChI is InChI=1S/C21H18FN5O/c22-17-4-2-1-3-15(17)19-13-27-20(24-19)16-12-26(10-7-18(16)25-21(27)28)11-14-5-8-23-9-6-14/h1-6,8-9,13H,7,10-12H2,(H,25,28). The third-order valence-corrected chi connectivity index (χ3v) is 5.18. The number of halogens is 1. The molecule has 4 aromatic rings. The minimum Gasteiger partial charge on any atom is -0.310 e. The van der Waals surface area contributed by atoms with E-state index < -0.39 is 0 Å². The van der Waals surface area contributed by atoms with Crippen molar-refractivity contribution in [3.8, 4) is 11.3 Å². The Bertz CT molecular complexity index is 1210. The van der Waals surface area contributed by atoms with Gasteiger partial charge in [0.25, 0.3) is 0 Å². The SMILES string of the molecule is O=c1[nH]c2c(c3nc(-c4ccccc4F)cn13)CN(Cc1ccncc1)CC2. The highest BCUT2D eigenvalue weighted by Crippen LogP contribution is 2.26. The van der Waals surface area contributed by atoms with Crippen LogP contribution in [-0.4, -0.2) is 30.8 Å². The molecule has 0 unspecified atom stereocenters. The van der Waals surface area contributed by atoms with Crippen LogP contribution in [0.15, 0.2) is 59.8 Å². The van der Waals surface area contributed by atoms with Crippen LogP contribution in [-0.2, 0) is 19.5 Å². The Balaban J connectivity index is 1.56. The second kappa shape index (κ2) is 6.69. The summed E-state index contributed by atoms with van der Waals surface area (Å²) in [4.78, 5) is 26.5. The van der Waals surface area contributed by atoms with Gasteiger partial charge in [0, 0.05) is 61.5 Å². The van der Waals surface area contributed by atoms with E-state index in [4.69, 9.17) is 0 Å². The molecule has 0 spiro atoms. The first kappa shape index (κ1) is 16.8. The molecular formula is C21H18FN5O. The molecule has 7 heteroatoms. The fourth-order valence-electron chi connectivity index (χ4n) is 3.78. The molecular weight excluding hydrogens is 357 g/mol. The van der Waals surface area contributed by atoms with Crippen molar-refractivity contribution in [2.45, 2.75) is 19.5 Å². The maximum Gasteiger partial charge on any atom is 0.331 e. The van der Waals surface area contributed by atoms with Crippen molar-refractivity contribution in [1.29, 1.82) is 0 Å². The molecule has 1 aliphatic rings. The molecule has 1 aromatic carbocycles. The quantitative estimate of drug-likeness (QED) is 0.598. The lowest BCUT2D eigenvalue weighted by Gasteiger charge is -2.28. The number of hydrogen-bond acceptors (Lipinski definition) is 4. The first-order valence-electron chi connectivity index (χ1n) is 9.18. The lowest BCUT2D eigenvalue weighted by molar-refractivity contribution is 0.243. The fraction of sp³-hybridized carbons (Fsp3) is 0.190. The Labute approximate surface area is 160 Å². The second-order valence-electron chi connectivity index (χ2n) is 7.00. The molecule has 140 valence electrons. The van der Waals surface area contributed by atoms with Gasteiger partial charge in [0.1, 0.15) is 11.5 Å². The molecule has 0 saturated heterocycles. The van der Waals surface area contributed by atoms with Crippen LogP contribution in [0.4, 0.5) is 4.39 Å². The number of nitrogens with one attached hydrogen (secondary N) is 1. The van der Waals surface area contributed by atoms with Crippen molar-refractivity contribution in [3.63, 3.8) is 0 Å². The molecule has 0 atom stereocenters. The Morgan fingerprint density at radius 2 is 1.96 bits per heavy atom. The summed E-state index contributed by atoms with van der Waals surface area (Å²) in [5.41, 5.74) is 4.29. The number of nitrogens with zero attached hydrogens (tertiary/aromatic N) is 4. The maximum absolute atomic E-state index is 14.2. The molecule has 0 bridgehead atoms. The van der Waals surface area contributed by atoms with E-state index in [9.17, 15) is 9.18 Å². The highest BCUT2D eigenvalue weighted by molar-refractivity contribution is 5.65. The number of aromatic amines is 1. The van der Waals surface area contributed by atoms with Gasteiger partial charge in [-0.2, -0.15) is 0 Å². The molecule has 1 aliphatic heterocycles. The lowest BCUT2D eigenvalue weighted by atomic mass is 10.1. The van der Waals surface area contributed by atoms with E-state index in [1.807, 2.05) is 12.1 Å². The van der Waals surface area contributed by atoms with E-state index in [0.717, 1.165) is 30.8 Å². The Morgan fingerprint density at radius 3 is 2.79 bits per heavy atom. The normalized spacial score (nSPS) is 14.3. The smallest absolute Gasteiger partial charge is 0.310 e. The molecule has 0 fully saturated rings. The van der Waals surface area contributed by atoms with Crippen molar-refractivity contribution < 1.29 is 4.39 Å². The van der Waals surface area contributed by atoms with Crippen molar-refractivity contribution >= 4 is 5.65 Å². The van der Waals surface area contributed by atoms with Gasteiger partial charge in [0.2, 0.25) is 0 Å². The molecule has 5 rings (SSSR count). The van der Waals surface area contributed by atoms with E-state index in [1.54, 1.807) is 36.8 Å². The number of benzene rings is 1. The molecule has 1 N–H and O–H groups in total. The summed E-state index contributed by atoms with van der Waals surface area (Å²) in [6.45, 7) is 2.32. The molecule has 0 aliphatic carbocycles. The van der Waals surface area contributed by atoms with Gasteiger partial charge in [-0.25, -0.2) is 14.2 Å². The summed E-state index contributed by atoms with van der Waals surface area (Å²) in [6, 6.07) is 10.5. The van der Waals surface area contributed by atoms with Gasteiger partial charge < -0.3 is 4.98 Å². The number of rotatable bonds is 3. The van der Waals surface area contributed by atoms with Crippen LogP contribution >= 0.6 is 0 Å². The maximum atomic E-state index is 14.2.